The number of thiazole rings is 1. The smallest absolute Gasteiger partial charge is 0.263 e. The van der Waals surface area contributed by atoms with E-state index >= 15 is 0 Å². The number of benzene rings is 2. The van der Waals surface area contributed by atoms with Crippen molar-refractivity contribution in [1.82, 2.24) is 9.88 Å². The highest BCUT2D eigenvalue weighted by atomic mass is 32.2. The van der Waals surface area contributed by atoms with Crippen LogP contribution in [0.5, 0.6) is 0 Å². The molecule has 1 aliphatic rings. The second kappa shape index (κ2) is 9.09. The lowest BCUT2D eigenvalue weighted by atomic mass is 10.1. The van der Waals surface area contributed by atoms with Crippen LogP contribution in [-0.4, -0.2) is 36.7 Å². The fourth-order valence-corrected chi connectivity index (χ4v) is 5.39. The molecular formula is C22H22N4O4S2. The number of likely N-dealkylation sites (tertiary alicyclic amines) is 1. The van der Waals surface area contributed by atoms with Gasteiger partial charge < -0.3 is 10.2 Å². The van der Waals surface area contributed by atoms with Gasteiger partial charge in [-0.15, -0.1) is 11.3 Å². The van der Waals surface area contributed by atoms with Gasteiger partial charge in [0.25, 0.3) is 10.0 Å². The van der Waals surface area contributed by atoms with Crippen LogP contribution in [0.3, 0.4) is 0 Å². The van der Waals surface area contributed by atoms with Crippen LogP contribution in [0.1, 0.15) is 24.9 Å². The number of amides is 2. The van der Waals surface area contributed by atoms with Gasteiger partial charge in [-0.25, -0.2) is 13.4 Å². The summed E-state index contributed by atoms with van der Waals surface area (Å²) in [6, 6.07) is 15.4. The number of aromatic nitrogens is 1. The van der Waals surface area contributed by atoms with Crippen LogP contribution >= 0.6 is 11.3 Å². The van der Waals surface area contributed by atoms with Crippen molar-refractivity contribution in [2.75, 3.05) is 16.6 Å². The number of hydrogen-bond donors (Lipinski definition) is 2. The van der Waals surface area contributed by atoms with E-state index in [4.69, 9.17) is 0 Å². The maximum absolute atomic E-state index is 12.7. The normalized spacial score (nSPS) is 17.2. The largest absolute Gasteiger partial charge is 0.335 e. The summed E-state index contributed by atoms with van der Waals surface area (Å²) in [5, 5.41) is 4.74. The number of rotatable bonds is 7. The lowest BCUT2D eigenvalue weighted by Crippen LogP contribution is -2.30. The Morgan fingerprint density at radius 1 is 1.16 bits per heavy atom. The third-order valence-corrected chi connectivity index (χ3v) is 7.54. The van der Waals surface area contributed by atoms with Gasteiger partial charge in [0.15, 0.2) is 5.13 Å². The fraction of sp³-hybridized carbons (Fsp3) is 0.227. The van der Waals surface area contributed by atoms with Crippen molar-refractivity contribution in [3.05, 3.63) is 71.7 Å². The molecule has 0 bridgehead atoms. The molecule has 3 aromatic rings. The maximum atomic E-state index is 12.7. The fourth-order valence-electron chi connectivity index (χ4n) is 3.60. The molecule has 1 saturated heterocycles. The first-order valence-corrected chi connectivity index (χ1v) is 12.4. The summed E-state index contributed by atoms with van der Waals surface area (Å²) >= 11 is 1.18. The van der Waals surface area contributed by atoms with Gasteiger partial charge in [0.05, 0.1) is 16.9 Å². The molecule has 8 nitrogen and oxygen atoms in total. The zero-order valence-corrected chi connectivity index (χ0v) is 18.9. The van der Waals surface area contributed by atoms with E-state index in [0.29, 0.717) is 12.2 Å². The van der Waals surface area contributed by atoms with Crippen LogP contribution in [0, 0.1) is 5.92 Å². The van der Waals surface area contributed by atoms with Gasteiger partial charge in [-0.3, -0.25) is 14.3 Å². The Morgan fingerprint density at radius 2 is 1.88 bits per heavy atom. The summed E-state index contributed by atoms with van der Waals surface area (Å²) in [6.45, 7) is 2.29. The molecule has 2 atom stereocenters. The minimum Gasteiger partial charge on any atom is -0.335 e. The van der Waals surface area contributed by atoms with Crippen LogP contribution in [0.25, 0.3) is 0 Å². The highest BCUT2D eigenvalue weighted by molar-refractivity contribution is 7.93. The predicted octanol–water partition coefficient (Wildman–Crippen LogP) is 3.49. The highest BCUT2D eigenvalue weighted by Gasteiger charge is 2.37. The van der Waals surface area contributed by atoms with Crippen LogP contribution < -0.4 is 10.0 Å². The predicted molar refractivity (Wildman–Crippen MR) is 123 cm³/mol. The highest BCUT2D eigenvalue weighted by Crippen LogP contribution is 2.29. The van der Waals surface area contributed by atoms with Crippen molar-refractivity contribution in [2.45, 2.75) is 24.3 Å². The molecule has 0 spiro atoms. The molecule has 0 aliphatic carbocycles. The summed E-state index contributed by atoms with van der Waals surface area (Å²) in [5.41, 5.74) is 1.48. The van der Waals surface area contributed by atoms with Crippen LogP contribution in [0.15, 0.2) is 71.1 Å². The summed E-state index contributed by atoms with van der Waals surface area (Å²) in [7, 11) is -3.76. The number of carbonyl (C=O) groups excluding carboxylic acids is 2. The Balaban J connectivity index is 1.38. The first-order chi connectivity index (χ1) is 15.3. The molecule has 4 rings (SSSR count). The SMILES string of the molecule is C[C@@H](c1ccccc1)N1C[C@H](C(=O)Nc2ccc(S(=O)(=O)Nc3nccs3)cc2)CC1=O. The van der Waals surface area contributed by atoms with Gasteiger partial charge in [-0.1, -0.05) is 30.3 Å². The zero-order valence-electron chi connectivity index (χ0n) is 17.3. The van der Waals surface area contributed by atoms with E-state index in [2.05, 4.69) is 15.0 Å². The lowest BCUT2D eigenvalue weighted by molar-refractivity contribution is -0.129. The zero-order chi connectivity index (χ0) is 22.7. The van der Waals surface area contributed by atoms with Crippen LogP contribution in [-0.2, 0) is 19.6 Å². The molecule has 10 heteroatoms. The van der Waals surface area contributed by atoms with Crippen molar-refractivity contribution in [1.29, 1.82) is 0 Å². The molecule has 2 amide bonds. The van der Waals surface area contributed by atoms with Gasteiger partial charge in [-0.05, 0) is 36.8 Å². The number of sulfonamides is 1. The minimum atomic E-state index is -3.76. The first-order valence-electron chi connectivity index (χ1n) is 10.0. The van der Waals surface area contributed by atoms with E-state index in [1.807, 2.05) is 37.3 Å². The van der Waals surface area contributed by atoms with E-state index < -0.39 is 15.9 Å². The van der Waals surface area contributed by atoms with Crippen molar-refractivity contribution in [3.8, 4) is 0 Å². The molecule has 1 aliphatic heterocycles. The third-order valence-electron chi connectivity index (χ3n) is 5.36. The van der Waals surface area contributed by atoms with Crippen LogP contribution in [0.4, 0.5) is 10.8 Å². The van der Waals surface area contributed by atoms with Gasteiger partial charge in [0.2, 0.25) is 11.8 Å². The van der Waals surface area contributed by atoms with E-state index in [1.54, 1.807) is 10.3 Å². The van der Waals surface area contributed by atoms with Crippen molar-refractivity contribution >= 4 is 44.0 Å². The van der Waals surface area contributed by atoms with E-state index in [1.165, 1.54) is 41.8 Å². The quantitative estimate of drug-likeness (QED) is 0.549. The summed E-state index contributed by atoms with van der Waals surface area (Å²) < 4.78 is 27.2. The number of hydrogen-bond acceptors (Lipinski definition) is 6. The summed E-state index contributed by atoms with van der Waals surface area (Å²) in [4.78, 5) is 30.9. The average Bonchev–Trinajstić information content (AvgIpc) is 3.43. The van der Waals surface area contributed by atoms with Gasteiger partial charge in [0.1, 0.15) is 0 Å². The summed E-state index contributed by atoms with van der Waals surface area (Å²) in [6.07, 6.45) is 1.66. The second-order valence-corrected chi connectivity index (χ2v) is 10.1. The molecule has 166 valence electrons. The third kappa shape index (κ3) is 4.81. The standard InChI is InChI=1S/C22H22N4O4S2/c1-15(16-5-3-2-4-6-16)26-14-17(13-20(26)27)21(28)24-18-7-9-19(10-8-18)32(29,30)25-22-23-11-12-31-22/h2-12,15,17H,13-14H2,1H3,(H,23,25)(H,24,28)/t15-,17+/m0/s1. The second-order valence-electron chi connectivity index (χ2n) is 7.49. The Kier molecular flexibility index (Phi) is 6.24. The van der Waals surface area contributed by atoms with Gasteiger partial charge in [-0.2, -0.15) is 0 Å². The number of nitrogens with one attached hydrogen (secondary N) is 2. The average molecular weight is 471 g/mol. The van der Waals surface area contributed by atoms with Crippen molar-refractivity contribution in [2.24, 2.45) is 5.92 Å². The van der Waals surface area contributed by atoms with Crippen molar-refractivity contribution in [3.63, 3.8) is 0 Å². The van der Waals surface area contributed by atoms with E-state index in [-0.39, 0.29) is 34.3 Å². The molecule has 2 heterocycles. The molecule has 0 saturated carbocycles. The summed E-state index contributed by atoms with van der Waals surface area (Å²) in [5.74, 6) is -0.794. The Bertz CT molecular complexity index is 1200. The molecule has 2 N–H and O–H groups in total. The molecule has 0 unspecified atom stereocenters. The first kappa shape index (κ1) is 22.0. The molecular weight excluding hydrogens is 448 g/mol. The van der Waals surface area contributed by atoms with E-state index in [9.17, 15) is 18.0 Å². The Labute approximate surface area is 190 Å². The topological polar surface area (TPSA) is 108 Å². The number of anilines is 2. The van der Waals surface area contributed by atoms with Gasteiger partial charge in [0, 0.05) is 30.2 Å². The van der Waals surface area contributed by atoms with Gasteiger partial charge >= 0.3 is 0 Å². The Hall–Kier alpha value is -3.24. The Morgan fingerprint density at radius 3 is 2.53 bits per heavy atom. The van der Waals surface area contributed by atoms with Crippen molar-refractivity contribution < 1.29 is 18.0 Å². The molecule has 32 heavy (non-hydrogen) atoms. The number of carbonyl (C=O) groups is 2. The monoisotopic (exact) mass is 470 g/mol. The maximum Gasteiger partial charge on any atom is 0.263 e. The number of nitrogens with zero attached hydrogens (tertiary/aromatic N) is 2. The minimum absolute atomic E-state index is 0.0591. The molecule has 0 radical (unpaired) electrons. The van der Waals surface area contributed by atoms with E-state index in [0.717, 1.165) is 5.56 Å². The molecule has 2 aromatic carbocycles. The lowest BCUT2D eigenvalue weighted by Gasteiger charge is -2.25. The molecule has 1 aromatic heterocycles. The molecule has 1 fully saturated rings. The van der Waals surface area contributed by atoms with Crippen LogP contribution in [0.2, 0.25) is 0 Å².